The highest BCUT2D eigenvalue weighted by Crippen LogP contribution is 2.33. The predicted molar refractivity (Wildman–Crippen MR) is 68.9 cm³/mol. The molecular formula is C14H17F4NO2. The normalized spacial score (nSPS) is 13.9. The monoisotopic (exact) mass is 307 g/mol. The van der Waals surface area contributed by atoms with Gasteiger partial charge in [-0.15, -0.1) is 0 Å². The van der Waals surface area contributed by atoms with E-state index in [9.17, 15) is 22.4 Å². The summed E-state index contributed by atoms with van der Waals surface area (Å²) in [5.41, 5.74) is 3.40. The lowest BCUT2D eigenvalue weighted by molar-refractivity contribution is -0.156. The number of hydrogen-bond donors (Lipinski definition) is 1. The van der Waals surface area contributed by atoms with Gasteiger partial charge in [-0.3, -0.25) is 4.79 Å². The number of hydrogen-bond acceptors (Lipinski definition) is 3. The molecule has 1 unspecified atom stereocenters. The van der Waals surface area contributed by atoms with Gasteiger partial charge in [0.1, 0.15) is 17.5 Å². The van der Waals surface area contributed by atoms with Crippen LogP contribution >= 0.6 is 0 Å². The average Bonchev–Trinajstić information content (AvgIpc) is 2.27. The quantitative estimate of drug-likeness (QED) is 0.690. The highest BCUT2D eigenvalue weighted by Gasteiger charge is 2.35. The first kappa shape index (κ1) is 17.4. The predicted octanol–water partition coefficient (Wildman–Crippen LogP) is 3.06. The van der Waals surface area contributed by atoms with Gasteiger partial charge >= 0.3 is 12.1 Å². The van der Waals surface area contributed by atoms with E-state index in [0.717, 1.165) is 12.1 Å². The summed E-state index contributed by atoms with van der Waals surface area (Å²) < 4.78 is 56.5. The second-order valence-corrected chi connectivity index (χ2v) is 5.64. The molecule has 0 aliphatic rings. The first-order valence-electron chi connectivity index (χ1n) is 6.24. The van der Waals surface area contributed by atoms with Crippen molar-refractivity contribution in [1.29, 1.82) is 0 Å². The van der Waals surface area contributed by atoms with Gasteiger partial charge in [0.05, 0.1) is 5.56 Å². The Labute approximate surface area is 120 Å². The van der Waals surface area contributed by atoms with Crippen molar-refractivity contribution in [3.63, 3.8) is 0 Å². The molecule has 0 saturated heterocycles. The molecule has 0 saturated carbocycles. The Morgan fingerprint density at radius 3 is 2.33 bits per heavy atom. The molecule has 118 valence electrons. The van der Waals surface area contributed by atoms with E-state index in [-0.39, 0.29) is 12.0 Å². The molecule has 0 heterocycles. The number of benzene rings is 1. The van der Waals surface area contributed by atoms with Crippen molar-refractivity contribution in [2.24, 2.45) is 5.73 Å². The highest BCUT2D eigenvalue weighted by atomic mass is 19.4. The Bertz CT molecular complexity index is 521. The number of carbonyl (C=O) groups excluding carboxylic acids is 1. The number of rotatable bonds is 3. The first-order chi connectivity index (χ1) is 9.40. The molecule has 1 aromatic rings. The molecule has 1 atom stereocenters. The van der Waals surface area contributed by atoms with E-state index in [2.05, 4.69) is 0 Å². The largest absolute Gasteiger partial charge is 0.459 e. The Kier molecular flexibility index (Phi) is 4.99. The molecule has 0 bridgehead atoms. The van der Waals surface area contributed by atoms with Gasteiger partial charge in [-0.05, 0) is 44.9 Å². The topological polar surface area (TPSA) is 52.3 Å². The molecule has 0 spiro atoms. The summed E-state index contributed by atoms with van der Waals surface area (Å²) in [6.07, 6.45) is -5.10. The minimum Gasteiger partial charge on any atom is -0.459 e. The fourth-order valence-electron chi connectivity index (χ4n) is 1.69. The van der Waals surface area contributed by atoms with Crippen LogP contribution in [-0.2, 0) is 22.1 Å². The maximum absolute atomic E-state index is 13.0. The van der Waals surface area contributed by atoms with Crippen LogP contribution in [-0.4, -0.2) is 17.6 Å². The van der Waals surface area contributed by atoms with Crippen LogP contribution in [0.25, 0.3) is 0 Å². The molecule has 3 nitrogen and oxygen atoms in total. The molecule has 1 aromatic carbocycles. The lowest BCUT2D eigenvalue weighted by Gasteiger charge is -2.23. The number of alkyl halides is 3. The standard InChI is InChI=1S/C14H17F4NO2/c1-13(2,3)21-12(20)11(19)6-8-4-5-9(15)7-10(8)14(16,17)18/h4-5,7,11H,6,19H2,1-3H3. The van der Waals surface area contributed by atoms with Crippen molar-refractivity contribution in [2.75, 3.05) is 0 Å². The van der Waals surface area contributed by atoms with Gasteiger partial charge in [-0.1, -0.05) is 6.07 Å². The molecule has 21 heavy (non-hydrogen) atoms. The van der Waals surface area contributed by atoms with Gasteiger partial charge in [0, 0.05) is 0 Å². The van der Waals surface area contributed by atoms with Gasteiger partial charge in [-0.25, -0.2) is 4.39 Å². The van der Waals surface area contributed by atoms with Crippen LogP contribution in [0.15, 0.2) is 18.2 Å². The van der Waals surface area contributed by atoms with Crippen molar-refractivity contribution in [3.05, 3.63) is 35.1 Å². The van der Waals surface area contributed by atoms with Crippen LogP contribution in [0, 0.1) is 5.82 Å². The van der Waals surface area contributed by atoms with E-state index in [0.29, 0.717) is 6.07 Å². The summed E-state index contributed by atoms with van der Waals surface area (Å²) in [6, 6.07) is 1.00. The Balaban J connectivity index is 2.95. The summed E-state index contributed by atoms with van der Waals surface area (Å²) in [5, 5.41) is 0. The van der Waals surface area contributed by atoms with Gasteiger partial charge < -0.3 is 10.5 Å². The van der Waals surface area contributed by atoms with E-state index in [1.165, 1.54) is 0 Å². The summed E-state index contributed by atoms with van der Waals surface area (Å²) in [5.74, 6) is -1.81. The van der Waals surface area contributed by atoms with Gasteiger partial charge in [0.25, 0.3) is 0 Å². The fraction of sp³-hybridized carbons (Fsp3) is 0.500. The molecule has 0 aromatic heterocycles. The maximum Gasteiger partial charge on any atom is 0.416 e. The summed E-state index contributed by atoms with van der Waals surface area (Å²) >= 11 is 0. The van der Waals surface area contributed by atoms with Crippen LogP contribution in [0.1, 0.15) is 31.9 Å². The number of nitrogens with two attached hydrogens (primary N) is 1. The first-order valence-corrected chi connectivity index (χ1v) is 6.24. The minimum atomic E-state index is -4.72. The second-order valence-electron chi connectivity index (χ2n) is 5.64. The van der Waals surface area contributed by atoms with Crippen molar-refractivity contribution >= 4 is 5.97 Å². The fourth-order valence-corrected chi connectivity index (χ4v) is 1.69. The molecule has 0 aliphatic heterocycles. The van der Waals surface area contributed by atoms with Crippen LogP contribution in [0.5, 0.6) is 0 Å². The smallest absolute Gasteiger partial charge is 0.416 e. The number of ether oxygens (including phenoxy) is 1. The van der Waals surface area contributed by atoms with Crippen molar-refractivity contribution in [1.82, 2.24) is 0 Å². The zero-order valence-electron chi connectivity index (χ0n) is 11.9. The summed E-state index contributed by atoms with van der Waals surface area (Å²) in [7, 11) is 0. The summed E-state index contributed by atoms with van der Waals surface area (Å²) in [6.45, 7) is 4.87. The summed E-state index contributed by atoms with van der Waals surface area (Å²) in [4.78, 5) is 11.7. The molecule has 2 N–H and O–H groups in total. The van der Waals surface area contributed by atoms with Crippen LogP contribution < -0.4 is 5.73 Å². The van der Waals surface area contributed by atoms with E-state index < -0.39 is 35.2 Å². The van der Waals surface area contributed by atoms with E-state index >= 15 is 0 Å². The number of carbonyl (C=O) groups is 1. The van der Waals surface area contributed by atoms with Crippen molar-refractivity contribution in [3.8, 4) is 0 Å². The third-order valence-electron chi connectivity index (χ3n) is 2.53. The zero-order valence-corrected chi connectivity index (χ0v) is 11.9. The zero-order chi connectivity index (χ0) is 16.4. The van der Waals surface area contributed by atoms with Crippen molar-refractivity contribution < 1.29 is 27.1 Å². The number of esters is 1. The molecular weight excluding hydrogens is 290 g/mol. The Morgan fingerprint density at radius 1 is 1.29 bits per heavy atom. The minimum absolute atomic E-state index is 0.248. The van der Waals surface area contributed by atoms with E-state index in [1.807, 2.05) is 0 Å². The van der Waals surface area contributed by atoms with Crippen LogP contribution in [0.2, 0.25) is 0 Å². The van der Waals surface area contributed by atoms with Gasteiger partial charge in [-0.2, -0.15) is 13.2 Å². The molecule has 1 rings (SSSR count). The highest BCUT2D eigenvalue weighted by molar-refractivity contribution is 5.76. The van der Waals surface area contributed by atoms with Gasteiger partial charge in [0.2, 0.25) is 0 Å². The third kappa shape index (κ3) is 5.34. The lowest BCUT2D eigenvalue weighted by Crippen LogP contribution is -2.39. The molecule has 0 aliphatic carbocycles. The Morgan fingerprint density at radius 2 is 1.86 bits per heavy atom. The molecule has 0 radical (unpaired) electrons. The average molecular weight is 307 g/mol. The molecule has 7 heteroatoms. The van der Waals surface area contributed by atoms with Crippen LogP contribution in [0.3, 0.4) is 0 Å². The van der Waals surface area contributed by atoms with Crippen LogP contribution in [0.4, 0.5) is 17.6 Å². The lowest BCUT2D eigenvalue weighted by atomic mass is 10.00. The van der Waals surface area contributed by atoms with E-state index in [1.54, 1.807) is 20.8 Å². The Hall–Kier alpha value is -1.63. The van der Waals surface area contributed by atoms with Crippen molar-refractivity contribution in [2.45, 2.75) is 45.0 Å². The SMILES string of the molecule is CC(C)(C)OC(=O)C(N)Cc1ccc(F)cc1C(F)(F)F. The van der Waals surface area contributed by atoms with E-state index in [4.69, 9.17) is 10.5 Å². The molecule has 0 amide bonds. The number of halogens is 4. The third-order valence-corrected chi connectivity index (χ3v) is 2.53. The maximum atomic E-state index is 13.0. The molecule has 0 fully saturated rings. The van der Waals surface area contributed by atoms with Gasteiger partial charge in [0.15, 0.2) is 0 Å². The second kappa shape index (κ2) is 6.01.